The van der Waals surface area contributed by atoms with Crippen LogP contribution in [0.15, 0.2) is 17.5 Å². The Balaban J connectivity index is 1.99. The molecule has 1 atom stereocenters. The van der Waals surface area contributed by atoms with Gasteiger partial charge in [-0.05, 0) is 30.2 Å². The maximum atomic E-state index is 10.0. The van der Waals surface area contributed by atoms with Gasteiger partial charge in [0.15, 0.2) is 0 Å². The van der Waals surface area contributed by atoms with Crippen LogP contribution in [0.4, 0.5) is 0 Å². The Morgan fingerprint density at radius 1 is 1.31 bits per heavy atom. The molecule has 1 unspecified atom stereocenters. The molecule has 0 saturated heterocycles. The van der Waals surface area contributed by atoms with E-state index >= 15 is 0 Å². The van der Waals surface area contributed by atoms with Crippen LogP contribution in [0, 0.1) is 5.92 Å². The molecule has 2 rings (SSSR count). The third-order valence-electron chi connectivity index (χ3n) is 2.93. The van der Waals surface area contributed by atoms with E-state index in [2.05, 4.69) is 0 Å². The van der Waals surface area contributed by atoms with Crippen molar-refractivity contribution in [3.8, 4) is 0 Å². The van der Waals surface area contributed by atoms with Gasteiger partial charge in [-0.25, -0.2) is 0 Å². The second-order valence-corrected chi connectivity index (χ2v) is 4.84. The maximum absolute atomic E-state index is 10.0. The lowest BCUT2D eigenvalue weighted by molar-refractivity contribution is 0.0879. The second-order valence-electron chi connectivity index (χ2n) is 3.86. The van der Waals surface area contributed by atoms with Crippen LogP contribution in [-0.4, -0.2) is 5.11 Å². The normalized spacial score (nSPS) is 21.6. The molecule has 0 spiro atoms. The molecule has 0 aliphatic heterocycles. The Labute approximate surface area is 83.4 Å². The Bertz CT molecular complexity index is 237. The summed E-state index contributed by atoms with van der Waals surface area (Å²) in [5, 5.41) is 12.1. The zero-order chi connectivity index (χ0) is 9.10. The minimum absolute atomic E-state index is 0.194. The highest BCUT2D eigenvalue weighted by atomic mass is 32.1. The molecule has 0 amide bonds. The van der Waals surface area contributed by atoms with Crippen molar-refractivity contribution in [2.45, 2.75) is 38.2 Å². The van der Waals surface area contributed by atoms with Crippen LogP contribution >= 0.6 is 11.3 Å². The van der Waals surface area contributed by atoms with E-state index in [1.54, 1.807) is 11.3 Å². The summed E-state index contributed by atoms with van der Waals surface area (Å²) in [6.07, 6.45) is 6.17. The first-order chi connectivity index (χ1) is 6.38. The van der Waals surface area contributed by atoms with Gasteiger partial charge < -0.3 is 5.11 Å². The molecule has 1 aromatic heterocycles. The highest BCUT2D eigenvalue weighted by Crippen LogP contribution is 2.35. The fourth-order valence-corrected chi connectivity index (χ4v) is 2.95. The van der Waals surface area contributed by atoms with Gasteiger partial charge in [0.2, 0.25) is 0 Å². The van der Waals surface area contributed by atoms with Crippen LogP contribution in [0.1, 0.15) is 43.1 Å². The van der Waals surface area contributed by atoms with Gasteiger partial charge in [0, 0.05) is 4.88 Å². The van der Waals surface area contributed by atoms with E-state index in [1.165, 1.54) is 32.1 Å². The van der Waals surface area contributed by atoms with Crippen LogP contribution in [0.2, 0.25) is 0 Å². The predicted octanol–water partition coefficient (Wildman–Crippen LogP) is 3.36. The number of rotatable bonds is 2. The SMILES string of the molecule is OC(c1cccs1)C1CCCCC1. The molecule has 1 aromatic rings. The lowest BCUT2D eigenvalue weighted by Crippen LogP contribution is -2.14. The summed E-state index contributed by atoms with van der Waals surface area (Å²) in [5.41, 5.74) is 0. The van der Waals surface area contributed by atoms with E-state index in [-0.39, 0.29) is 6.10 Å². The lowest BCUT2D eigenvalue weighted by atomic mass is 9.85. The minimum Gasteiger partial charge on any atom is -0.387 e. The highest BCUT2D eigenvalue weighted by Gasteiger charge is 2.23. The molecule has 2 heteroatoms. The van der Waals surface area contributed by atoms with Gasteiger partial charge in [0.25, 0.3) is 0 Å². The molecular weight excluding hydrogens is 180 g/mol. The van der Waals surface area contributed by atoms with Crippen molar-refractivity contribution in [2.75, 3.05) is 0 Å². The van der Waals surface area contributed by atoms with Gasteiger partial charge in [-0.15, -0.1) is 11.3 Å². The second kappa shape index (κ2) is 4.25. The average Bonchev–Trinajstić information content (AvgIpc) is 2.71. The third kappa shape index (κ3) is 2.12. The molecule has 1 heterocycles. The van der Waals surface area contributed by atoms with Crippen LogP contribution < -0.4 is 0 Å². The van der Waals surface area contributed by atoms with Gasteiger partial charge in [-0.1, -0.05) is 25.3 Å². The zero-order valence-corrected chi connectivity index (χ0v) is 8.59. The van der Waals surface area contributed by atoms with E-state index in [0.29, 0.717) is 5.92 Å². The van der Waals surface area contributed by atoms with Gasteiger partial charge in [-0.3, -0.25) is 0 Å². The van der Waals surface area contributed by atoms with Gasteiger partial charge in [-0.2, -0.15) is 0 Å². The summed E-state index contributed by atoms with van der Waals surface area (Å²) >= 11 is 1.67. The molecule has 1 N–H and O–H groups in total. The number of aliphatic hydroxyl groups is 1. The smallest absolute Gasteiger partial charge is 0.0909 e. The zero-order valence-electron chi connectivity index (χ0n) is 7.78. The number of hydrogen-bond acceptors (Lipinski definition) is 2. The average molecular weight is 196 g/mol. The van der Waals surface area contributed by atoms with Gasteiger partial charge in [0.1, 0.15) is 0 Å². The van der Waals surface area contributed by atoms with Crippen molar-refractivity contribution in [2.24, 2.45) is 5.92 Å². The largest absolute Gasteiger partial charge is 0.387 e. The minimum atomic E-state index is -0.194. The van der Waals surface area contributed by atoms with E-state index in [1.807, 2.05) is 17.5 Å². The standard InChI is InChI=1S/C11H16OS/c12-11(10-7-4-8-13-10)9-5-2-1-3-6-9/h4,7-9,11-12H,1-3,5-6H2. The molecule has 1 saturated carbocycles. The molecular formula is C11H16OS. The molecule has 72 valence electrons. The van der Waals surface area contributed by atoms with E-state index < -0.39 is 0 Å². The summed E-state index contributed by atoms with van der Waals surface area (Å²) in [6, 6.07) is 4.07. The van der Waals surface area contributed by atoms with Crippen molar-refractivity contribution in [3.05, 3.63) is 22.4 Å². The molecule has 1 aliphatic carbocycles. The fourth-order valence-electron chi connectivity index (χ4n) is 2.14. The van der Waals surface area contributed by atoms with Crippen molar-refractivity contribution >= 4 is 11.3 Å². The molecule has 1 aliphatic rings. The molecule has 1 nitrogen and oxygen atoms in total. The van der Waals surface area contributed by atoms with Crippen molar-refractivity contribution in [1.82, 2.24) is 0 Å². The number of thiophene rings is 1. The van der Waals surface area contributed by atoms with Crippen molar-refractivity contribution < 1.29 is 5.11 Å². The Kier molecular flexibility index (Phi) is 3.01. The molecule has 13 heavy (non-hydrogen) atoms. The van der Waals surface area contributed by atoms with Crippen LogP contribution in [-0.2, 0) is 0 Å². The monoisotopic (exact) mass is 196 g/mol. The Morgan fingerprint density at radius 3 is 2.69 bits per heavy atom. The van der Waals surface area contributed by atoms with Crippen molar-refractivity contribution in [1.29, 1.82) is 0 Å². The van der Waals surface area contributed by atoms with Crippen LogP contribution in [0.25, 0.3) is 0 Å². The summed E-state index contributed by atoms with van der Waals surface area (Å²) in [7, 11) is 0. The first-order valence-corrected chi connectivity index (χ1v) is 5.97. The summed E-state index contributed by atoms with van der Waals surface area (Å²) in [4.78, 5) is 1.15. The molecule has 0 bridgehead atoms. The molecule has 0 aromatic carbocycles. The summed E-state index contributed by atoms with van der Waals surface area (Å²) in [5.74, 6) is 0.521. The topological polar surface area (TPSA) is 20.2 Å². The predicted molar refractivity (Wildman–Crippen MR) is 55.9 cm³/mol. The van der Waals surface area contributed by atoms with E-state index in [0.717, 1.165) is 4.88 Å². The number of aliphatic hydroxyl groups excluding tert-OH is 1. The summed E-state index contributed by atoms with van der Waals surface area (Å²) < 4.78 is 0. The fraction of sp³-hybridized carbons (Fsp3) is 0.636. The Hall–Kier alpha value is -0.340. The maximum Gasteiger partial charge on any atom is 0.0909 e. The molecule has 0 radical (unpaired) electrons. The van der Waals surface area contributed by atoms with Crippen molar-refractivity contribution in [3.63, 3.8) is 0 Å². The summed E-state index contributed by atoms with van der Waals surface area (Å²) in [6.45, 7) is 0. The highest BCUT2D eigenvalue weighted by molar-refractivity contribution is 7.10. The third-order valence-corrected chi connectivity index (χ3v) is 3.87. The number of hydrogen-bond donors (Lipinski definition) is 1. The van der Waals surface area contributed by atoms with Crippen LogP contribution in [0.5, 0.6) is 0 Å². The van der Waals surface area contributed by atoms with Crippen LogP contribution in [0.3, 0.4) is 0 Å². The van der Waals surface area contributed by atoms with Gasteiger partial charge >= 0.3 is 0 Å². The van der Waals surface area contributed by atoms with E-state index in [4.69, 9.17) is 0 Å². The van der Waals surface area contributed by atoms with Gasteiger partial charge in [0.05, 0.1) is 6.10 Å². The quantitative estimate of drug-likeness (QED) is 0.769. The first-order valence-electron chi connectivity index (χ1n) is 5.09. The van der Waals surface area contributed by atoms with E-state index in [9.17, 15) is 5.11 Å². The Morgan fingerprint density at radius 2 is 2.08 bits per heavy atom. The molecule has 1 fully saturated rings. The first kappa shape index (κ1) is 9.22. The lowest BCUT2D eigenvalue weighted by Gasteiger charge is -2.25.